The zero-order valence-corrected chi connectivity index (χ0v) is 20.4. The van der Waals surface area contributed by atoms with E-state index in [-0.39, 0.29) is 11.4 Å². The molecule has 0 bridgehead atoms. The molecule has 0 fully saturated rings. The van der Waals surface area contributed by atoms with Gasteiger partial charge in [-0.1, -0.05) is 30.3 Å². The second-order valence-electron chi connectivity index (χ2n) is 8.05. The first kappa shape index (κ1) is 23.5. The molecule has 3 heterocycles. The van der Waals surface area contributed by atoms with Crippen LogP contribution in [-0.4, -0.2) is 45.2 Å². The van der Waals surface area contributed by atoms with Gasteiger partial charge in [-0.2, -0.15) is 15.1 Å². The lowest BCUT2D eigenvalue weighted by Crippen LogP contribution is -2.35. The van der Waals surface area contributed by atoms with Crippen LogP contribution in [0.1, 0.15) is 23.1 Å². The number of fused-ring (bicyclic) bond motifs is 1. The minimum absolute atomic E-state index is 0.00892. The molecule has 0 atom stereocenters. The van der Waals surface area contributed by atoms with Crippen LogP contribution < -0.4 is 9.47 Å². The lowest BCUT2D eigenvalue weighted by atomic mass is 10.1. The van der Waals surface area contributed by atoms with Crippen LogP contribution in [0.5, 0.6) is 11.5 Å². The van der Waals surface area contributed by atoms with Crippen molar-refractivity contribution in [3.8, 4) is 11.5 Å². The quantitative estimate of drug-likeness (QED) is 0.351. The van der Waals surface area contributed by atoms with Crippen molar-refractivity contribution in [2.45, 2.75) is 13.3 Å². The van der Waals surface area contributed by atoms with E-state index in [4.69, 9.17) is 14.9 Å². The number of amides is 1. The number of aliphatic imine (C=N–C) groups is 1. The zero-order valence-electron chi connectivity index (χ0n) is 19.5. The van der Waals surface area contributed by atoms with Gasteiger partial charge < -0.3 is 9.47 Å². The largest absolute Gasteiger partial charge is 0.493 e. The Morgan fingerprint density at radius 3 is 2.61 bits per heavy atom. The molecule has 0 saturated carbocycles. The number of hydrogen-bond donors (Lipinski definition) is 1. The second-order valence-corrected chi connectivity index (χ2v) is 9.01. The predicted molar refractivity (Wildman–Crippen MR) is 142 cm³/mol. The van der Waals surface area contributed by atoms with E-state index < -0.39 is 5.91 Å². The SMILES string of the molecule is Cc1ccccc1OCCCOc1ccc(C=C2C(=N)N3N=C(c4cccnc4)SC3=NC2=O)cc1. The van der Waals surface area contributed by atoms with E-state index in [0.717, 1.165) is 34.6 Å². The molecule has 2 aliphatic rings. The van der Waals surface area contributed by atoms with E-state index in [0.29, 0.717) is 23.4 Å². The summed E-state index contributed by atoms with van der Waals surface area (Å²) in [5.41, 5.74) is 2.86. The second kappa shape index (κ2) is 10.6. The maximum Gasteiger partial charge on any atom is 0.283 e. The summed E-state index contributed by atoms with van der Waals surface area (Å²) in [5, 5.41) is 15.4. The first-order chi connectivity index (χ1) is 17.6. The van der Waals surface area contributed by atoms with Crippen LogP contribution in [0, 0.1) is 12.3 Å². The number of nitrogens with one attached hydrogen (secondary N) is 1. The highest BCUT2D eigenvalue weighted by atomic mass is 32.2. The van der Waals surface area contributed by atoms with Crippen LogP contribution >= 0.6 is 11.8 Å². The monoisotopic (exact) mass is 497 g/mol. The fraction of sp³-hybridized carbons (Fsp3) is 0.148. The van der Waals surface area contributed by atoms with Crippen molar-refractivity contribution in [1.29, 1.82) is 5.41 Å². The van der Waals surface area contributed by atoms with Crippen molar-refractivity contribution in [2.24, 2.45) is 10.1 Å². The number of hydrogen-bond acceptors (Lipinski definition) is 7. The summed E-state index contributed by atoms with van der Waals surface area (Å²) >= 11 is 1.25. The van der Waals surface area contributed by atoms with Gasteiger partial charge >= 0.3 is 0 Å². The number of thioether (sulfide) groups is 1. The maximum absolute atomic E-state index is 12.7. The number of benzene rings is 2. The van der Waals surface area contributed by atoms with Crippen molar-refractivity contribution in [1.82, 2.24) is 9.99 Å². The van der Waals surface area contributed by atoms with Gasteiger partial charge in [0.15, 0.2) is 5.84 Å². The standard InChI is InChI=1S/C27H23N5O3S/c1-18-6-2-3-8-23(18)35-15-5-14-34-21-11-9-19(10-12-21)16-22-24(28)32-27(30-25(22)33)36-26(31-32)20-7-4-13-29-17-20/h2-4,6-13,16-17,28H,5,14-15H2,1H3. The Labute approximate surface area is 212 Å². The van der Waals surface area contributed by atoms with Crippen LogP contribution in [0.25, 0.3) is 6.08 Å². The molecule has 0 spiro atoms. The molecule has 0 radical (unpaired) electrons. The summed E-state index contributed by atoms with van der Waals surface area (Å²) in [7, 11) is 0. The van der Waals surface area contributed by atoms with Crippen LogP contribution in [0.2, 0.25) is 0 Å². The number of carbonyl (C=O) groups excluding carboxylic acids is 1. The Morgan fingerprint density at radius 1 is 1.03 bits per heavy atom. The van der Waals surface area contributed by atoms with E-state index >= 15 is 0 Å². The molecule has 2 aromatic carbocycles. The maximum atomic E-state index is 12.7. The molecule has 0 saturated heterocycles. The number of amidine groups is 2. The van der Waals surface area contributed by atoms with Crippen LogP contribution in [0.4, 0.5) is 0 Å². The van der Waals surface area contributed by atoms with Crippen molar-refractivity contribution >= 4 is 39.8 Å². The predicted octanol–water partition coefficient (Wildman–Crippen LogP) is 4.91. The van der Waals surface area contributed by atoms with Gasteiger partial charge in [0.05, 0.1) is 18.8 Å². The Kier molecular flexibility index (Phi) is 6.90. The Hall–Kier alpha value is -4.24. The number of ether oxygens (including phenoxy) is 2. The summed E-state index contributed by atoms with van der Waals surface area (Å²) in [6.45, 7) is 3.12. The average Bonchev–Trinajstić information content (AvgIpc) is 3.33. The molecule has 36 heavy (non-hydrogen) atoms. The molecule has 2 aliphatic heterocycles. The van der Waals surface area contributed by atoms with Crippen LogP contribution in [-0.2, 0) is 4.79 Å². The minimum atomic E-state index is -0.463. The van der Waals surface area contributed by atoms with Crippen molar-refractivity contribution in [2.75, 3.05) is 13.2 Å². The summed E-state index contributed by atoms with van der Waals surface area (Å²) in [6.07, 6.45) is 5.76. The molecule has 8 nitrogen and oxygen atoms in total. The van der Waals surface area contributed by atoms with Gasteiger partial charge in [-0.3, -0.25) is 15.2 Å². The first-order valence-corrected chi connectivity index (χ1v) is 12.2. The Balaban J connectivity index is 1.18. The highest BCUT2D eigenvalue weighted by Gasteiger charge is 2.36. The Morgan fingerprint density at radius 2 is 1.83 bits per heavy atom. The summed E-state index contributed by atoms with van der Waals surface area (Å²) in [4.78, 5) is 20.9. The fourth-order valence-corrected chi connectivity index (χ4v) is 4.46. The van der Waals surface area contributed by atoms with Gasteiger partial charge in [0.1, 0.15) is 16.5 Å². The van der Waals surface area contributed by atoms with Gasteiger partial charge in [-0.15, -0.1) is 0 Å². The number of hydrazone groups is 1. The molecule has 3 aromatic rings. The number of nitrogens with zero attached hydrogens (tertiary/aromatic N) is 4. The zero-order chi connectivity index (χ0) is 24.9. The molecule has 0 unspecified atom stereocenters. The van der Waals surface area contributed by atoms with Crippen LogP contribution in [0.3, 0.4) is 0 Å². The lowest BCUT2D eigenvalue weighted by Gasteiger charge is -2.20. The Bertz CT molecular complexity index is 1380. The average molecular weight is 498 g/mol. The summed E-state index contributed by atoms with van der Waals surface area (Å²) in [5.74, 6) is 1.14. The van der Waals surface area contributed by atoms with Crippen molar-refractivity contribution in [3.63, 3.8) is 0 Å². The van der Waals surface area contributed by atoms with Gasteiger partial charge in [0, 0.05) is 24.4 Å². The summed E-state index contributed by atoms with van der Waals surface area (Å²) < 4.78 is 11.6. The number of carbonyl (C=O) groups is 1. The van der Waals surface area contributed by atoms with Crippen LogP contribution in [0.15, 0.2) is 88.7 Å². The third kappa shape index (κ3) is 5.21. The molecule has 0 aliphatic carbocycles. The summed E-state index contributed by atoms with van der Waals surface area (Å²) in [6, 6.07) is 19.0. The third-order valence-corrected chi connectivity index (χ3v) is 6.42. The van der Waals surface area contributed by atoms with Gasteiger partial charge in [0.2, 0.25) is 5.17 Å². The molecule has 180 valence electrons. The van der Waals surface area contributed by atoms with E-state index in [2.05, 4.69) is 15.1 Å². The molecule has 1 N–H and O–H groups in total. The number of pyridine rings is 1. The van der Waals surface area contributed by atoms with E-state index in [1.165, 1.54) is 16.8 Å². The van der Waals surface area contributed by atoms with Gasteiger partial charge in [-0.25, -0.2) is 0 Å². The molecular weight excluding hydrogens is 474 g/mol. The minimum Gasteiger partial charge on any atom is -0.493 e. The number of aryl methyl sites for hydroxylation is 1. The molecule has 5 rings (SSSR count). The first-order valence-electron chi connectivity index (χ1n) is 11.4. The fourth-order valence-electron chi connectivity index (χ4n) is 3.57. The number of aromatic nitrogens is 1. The number of para-hydroxylation sites is 1. The highest BCUT2D eigenvalue weighted by molar-refractivity contribution is 8.27. The van der Waals surface area contributed by atoms with Gasteiger partial charge in [0.25, 0.3) is 5.91 Å². The van der Waals surface area contributed by atoms with Crippen molar-refractivity contribution in [3.05, 3.63) is 95.3 Å². The molecular formula is C27H23N5O3S. The number of rotatable bonds is 8. The molecule has 1 amide bonds. The van der Waals surface area contributed by atoms with E-state index in [1.54, 1.807) is 18.5 Å². The van der Waals surface area contributed by atoms with Gasteiger partial charge in [-0.05, 0) is 66.2 Å². The smallest absolute Gasteiger partial charge is 0.283 e. The molecule has 9 heteroatoms. The van der Waals surface area contributed by atoms with Crippen molar-refractivity contribution < 1.29 is 14.3 Å². The normalized spacial score (nSPS) is 16.0. The third-order valence-electron chi connectivity index (χ3n) is 5.46. The molecule has 1 aromatic heterocycles. The lowest BCUT2D eigenvalue weighted by molar-refractivity contribution is -0.114. The topological polar surface area (TPSA) is 100 Å². The van der Waals surface area contributed by atoms with E-state index in [9.17, 15) is 4.79 Å². The van der Waals surface area contributed by atoms with E-state index in [1.807, 2.05) is 67.6 Å². The highest BCUT2D eigenvalue weighted by Crippen LogP contribution is 2.30.